The minimum atomic E-state index is -0.172. The third kappa shape index (κ3) is 3.35. The summed E-state index contributed by atoms with van der Waals surface area (Å²) >= 11 is 0. The van der Waals surface area contributed by atoms with Gasteiger partial charge in [-0.1, -0.05) is 19.1 Å². The molecule has 1 aliphatic carbocycles. The van der Waals surface area contributed by atoms with E-state index in [4.69, 9.17) is 0 Å². The van der Waals surface area contributed by atoms with Crippen molar-refractivity contribution < 1.29 is 4.39 Å². The number of nitrogens with zero attached hydrogens (tertiary/aromatic N) is 1. The van der Waals surface area contributed by atoms with Gasteiger partial charge in [0, 0.05) is 25.0 Å². The van der Waals surface area contributed by atoms with E-state index in [1.165, 1.54) is 48.9 Å². The van der Waals surface area contributed by atoms with Crippen LogP contribution in [0.3, 0.4) is 0 Å². The maximum absolute atomic E-state index is 13.0. The van der Waals surface area contributed by atoms with Crippen molar-refractivity contribution in [3.05, 3.63) is 59.2 Å². The Kier molecular flexibility index (Phi) is 4.39. The zero-order valence-electron chi connectivity index (χ0n) is 12.6. The topological polar surface area (TPSA) is 17.0 Å². The summed E-state index contributed by atoms with van der Waals surface area (Å²) in [4.78, 5) is 0. The molecule has 1 aromatic carbocycles. The second kappa shape index (κ2) is 6.44. The zero-order chi connectivity index (χ0) is 14.7. The highest BCUT2D eigenvalue weighted by atomic mass is 19.1. The number of halogens is 1. The van der Waals surface area contributed by atoms with Crippen LogP contribution in [0.1, 0.15) is 48.9 Å². The Labute approximate surface area is 126 Å². The molecule has 0 aliphatic heterocycles. The van der Waals surface area contributed by atoms with Crippen LogP contribution >= 0.6 is 0 Å². The van der Waals surface area contributed by atoms with E-state index >= 15 is 0 Å². The summed E-state index contributed by atoms with van der Waals surface area (Å²) in [6.45, 7) is 4.09. The second-order valence-electron chi connectivity index (χ2n) is 5.94. The van der Waals surface area contributed by atoms with E-state index in [0.717, 1.165) is 18.7 Å². The van der Waals surface area contributed by atoms with Crippen molar-refractivity contribution in [3.8, 4) is 0 Å². The molecule has 0 radical (unpaired) electrons. The third-order valence-electron chi connectivity index (χ3n) is 4.23. The van der Waals surface area contributed by atoms with E-state index in [-0.39, 0.29) is 5.82 Å². The minimum Gasteiger partial charge on any atom is -0.349 e. The fourth-order valence-corrected chi connectivity index (χ4v) is 3.17. The largest absolute Gasteiger partial charge is 0.349 e. The van der Waals surface area contributed by atoms with Gasteiger partial charge in [0.25, 0.3) is 0 Å². The van der Waals surface area contributed by atoms with Crippen LogP contribution in [0.25, 0.3) is 0 Å². The predicted molar refractivity (Wildman–Crippen MR) is 83.9 cm³/mol. The highest BCUT2D eigenvalue weighted by molar-refractivity contribution is 5.31. The van der Waals surface area contributed by atoms with Crippen LogP contribution in [0.4, 0.5) is 4.39 Å². The molecule has 112 valence electrons. The molecular weight excluding hydrogens is 263 g/mol. The van der Waals surface area contributed by atoms with Gasteiger partial charge in [-0.15, -0.1) is 0 Å². The number of aryl methyl sites for hydroxylation is 1. The summed E-state index contributed by atoms with van der Waals surface area (Å²) in [6, 6.07) is 7.29. The quantitative estimate of drug-likeness (QED) is 0.877. The average molecular weight is 286 g/mol. The number of rotatable bonds is 5. The SMILES string of the molecule is CCCNC1CCCc2cn(Cc3ccc(F)cc3)cc21. The van der Waals surface area contributed by atoms with Gasteiger partial charge in [0.15, 0.2) is 0 Å². The van der Waals surface area contributed by atoms with Crippen molar-refractivity contribution in [2.45, 2.75) is 45.2 Å². The molecule has 0 fully saturated rings. The van der Waals surface area contributed by atoms with E-state index < -0.39 is 0 Å². The molecule has 3 heteroatoms. The molecule has 0 amide bonds. The number of benzene rings is 1. The Hall–Kier alpha value is -1.61. The average Bonchev–Trinajstić information content (AvgIpc) is 2.90. The van der Waals surface area contributed by atoms with E-state index in [1.807, 2.05) is 12.1 Å². The van der Waals surface area contributed by atoms with Gasteiger partial charge in [0.1, 0.15) is 5.82 Å². The van der Waals surface area contributed by atoms with Gasteiger partial charge in [-0.3, -0.25) is 0 Å². The van der Waals surface area contributed by atoms with Gasteiger partial charge >= 0.3 is 0 Å². The molecule has 1 aliphatic rings. The van der Waals surface area contributed by atoms with E-state index in [9.17, 15) is 4.39 Å². The molecule has 2 nitrogen and oxygen atoms in total. The van der Waals surface area contributed by atoms with Gasteiger partial charge in [-0.25, -0.2) is 4.39 Å². The van der Waals surface area contributed by atoms with Crippen molar-refractivity contribution in [2.24, 2.45) is 0 Å². The van der Waals surface area contributed by atoms with Crippen molar-refractivity contribution in [3.63, 3.8) is 0 Å². The van der Waals surface area contributed by atoms with Crippen LogP contribution < -0.4 is 5.32 Å². The predicted octanol–water partition coefficient (Wildman–Crippen LogP) is 4.05. The lowest BCUT2D eigenvalue weighted by Crippen LogP contribution is -2.24. The first-order chi connectivity index (χ1) is 10.3. The molecule has 0 saturated carbocycles. The van der Waals surface area contributed by atoms with Gasteiger partial charge < -0.3 is 9.88 Å². The lowest BCUT2D eigenvalue weighted by Gasteiger charge is -2.23. The summed E-state index contributed by atoms with van der Waals surface area (Å²) in [5.41, 5.74) is 4.07. The van der Waals surface area contributed by atoms with Crippen molar-refractivity contribution in [1.29, 1.82) is 0 Å². The summed E-state index contributed by atoms with van der Waals surface area (Å²) in [7, 11) is 0. The summed E-state index contributed by atoms with van der Waals surface area (Å²) in [5, 5.41) is 3.65. The number of nitrogens with one attached hydrogen (secondary N) is 1. The van der Waals surface area contributed by atoms with Gasteiger partial charge in [0.2, 0.25) is 0 Å². The number of hydrogen-bond acceptors (Lipinski definition) is 1. The van der Waals surface area contributed by atoms with Crippen molar-refractivity contribution in [2.75, 3.05) is 6.54 Å². The molecule has 1 heterocycles. The number of hydrogen-bond donors (Lipinski definition) is 1. The Morgan fingerprint density at radius 2 is 2.05 bits per heavy atom. The van der Waals surface area contributed by atoms with Crippen LogP contribution in [0.2, 0.25) is 0 Å². The second-order valence-corrected chi connectivity index (χ2v) is 5.94. The molecule has 0 spiro atoms. The molecule has 1 unspecified atom stereocenters. The van der Waals surface area contributed by atoms with Crippen LogP contribution in [-0.2, 0) is 13.0 Å². The van der Waals surface area contributed by atoms with Crippen LogP contribution in [0.15, 0.2) is 36.7 Å². The fraction of sp³-hybridized carbons (Fsp3) is 0.444. The molecule has 1 atom stereocenters. The van der Waals surface area contributed by atoms with Crippen LogP contribution in [0.5, 0.6) is 0 Å². The molecule has 1 N–H and O–H groups in total. The Morgan fingerprint density at radius 3 is 2.81 bits per heavy atom. The van der Waals surface area contributed by atoms with Gasteiger partial charge in [0.05, 0.1) is 0 Å². The summed E-state index contributed by atoms with van der Waals surface area (Å²) in [6.07, 6.45) is 9.37. The monoisotopic (exact) mass is 286 g/mol. The van der Waals surface area contributed by atoms with E-state index in [2.05, 4.69) is 29.2 Å². The van der Waals surface area contributed by atoms with E-state index in [0.29, 0.717) is 6.04 Å². The van der Waals surface area contributed by atoms with E-state index in [1.54, 1.807) is 0 Å². The van der Waals surface area contributed by atoms with Gasteiger partial charge in [-0.05, 0) is 61.1 Å². The maximum atomic E-state index is 13.0. The molecule has 3 rings (SSSR count). The summed E-state index contributed by atoms with van der Waals surface area (Å²) in [5.74, 6) is -0.172. The number of aromatic nitrogens is 1. The lowest BCUT2D eigenvalue weighted by atomic mass is 9.91. The first-order valence-electron chi connectivity index (χ1n) is 7.92. The molecule has 0 saturated heterocycles. The Bertz CT molecular complexity index is 586. The highest BCUT2D eigenvalue weighted by Crippen LogP contribution is 2.30. The third-order valence-corrected chi connectivity index (χ3v) is 4.23. The smallest absolute Gasteiger partial charge is 0.123 e. The van der Waals surface area contributed by atoms with Gasteiger partial charge in [-0.2, -0.15) is 0 Å². The van der Waals surface area contributed by atoms with Crippen LogP contribution in [-0.4, -0.2) is 11.1 Å². The minimum absolute atomic E-state index is 0.172. The molecule has 0 bridgehead atoms. The maximum Gasteiger partial charge on any atom is 0.123 e. The lowest BCUT2D eigenvalue weighted by molar-refractivity contribution is 0.462. The summed E-state index contributed by atoms with van der Waals surface area (Å²) < 4.78 is 15.2. The molecular formula is C18H23FN2. The first kappa shape index (κ1) is 14.3. The van der Waals surface area contributed by atoms with Crippen LogP contribution in [0, 0.1) is 5.82 Å². The first-order valence-corrected chi connectivity index (χ1v) is 7.92. The standard InChI is InChI=1S/C18H23FN2/c1-2-10-20-18-5-3-4-15-12-21(13-17(15)18)11-14-6-8-16(19)9-7-14/h6-9,12-13,18,20H,2-5,10-11H2,1H3. The fourth-order valence-electron chi connectivity index (χ4n) is 3.17. The van der Waals surface area contributed by atoms with Crippen molar-refractivity contribution >= 4 is 0 Å². The molecule has 1 aromatic heterocycles. The Balaban J connectivity index is 1.76. The number of fused-ring (bicyclic) bond motifs is 1. The highest BCUT2D eigenvalue weighted by Gasteiger charge is 2.21. The zero-order valence-corrected chi connectivity index (χ0v) is 12.6. The normalized spacial score (nSPS) is 17.7. The molecule has 21 heavy (non-hydrogen) atoms. The molecule has 2 aromatic rings. The Morgan fingerprint density at radius 1 is 1.24 bits per heavy atom. The van der Waals surface area contributed by atoms with Crippen molar-refractivity contribution in [1.82, 2.24) is 9.88 Å².